The molecular weight excluding hydrogens is 459 g/mol. The minimum absolute atomic E-state index is 0.0195. The molecule has 31 heavy (non-hydrogen) atoms. The Morgan fingerprint density at radius 1 is 1.35 bits per heavy atom. The van der Waals surface area contributed by atoms with Crippen molar-refractivity contribution in [1.29, 1.82) is 0 Å². The number of hydrogen-bond acceptors (Lipinski definition) is 11. The highest BCUT2D eigenvalue weighted by atomic mass is 35.5. The summed E-state index contributed by atoms with van der Waals surface area (Å²) in [5, 5.41) is 12.9. The third-order valence-electron chi connectivity index (χ3n) is 5.50. The van der Waals surface area contributed by atoms with Crippen LogP contribution in [0.3, 0.4) is 0 Å². The summed E-state index contributed by atoms with van der Waals surface area (Å²) in [5.41, 5.74) is 0.746. The van der Waals surface area contributed by atoms with Gasteiger partial charge in [-0.1, -0.05) is 12.8 Å². The van der Waals surface area contributed by atoms with Gasteiger partial charge in [0.1, 0.15) is 24.9 Å². The van der Waals surface area contributed by atoms with E-state index in [9.17, 15) is 19.6 Å². The van der Waals surface area contributed by atoms with Gasteiger partial charge in [0.2, 0.25) is 5.28 Å². The molecule has 2 aliphatic heterocycles. The van der Waals surface area contributed by atoms with E-state index in [0.29, 0.717) is 17.0 Å². The Kier molecular flexibility index (Phi) is 5.23. The second kappa shape index (κ2) is 7.80. The lowest BCUT2D eigenvalue weighted by Crippen LogP contribution is -2.32. The van der Waals surface area contributed by atoms with Gasteiger partial charge in [-0.25, -0.2) is 9.55 Å². The number of ether oxygens (including phenoxy) is 1. The number of phosphoric acid groups is 1. The molecule has 5 atom stereocenters. The van der Waals surface area contributed by atoms with Gasteiger partial charge in [-0.05, 0) is 24.4 Å². The van der Waals surface area contributed by atoms with Crippen LogP contribution in [-0.4, -0.2) is 60.5 Å². The first-order chi connectivity index (χ1) is 14.8. The Bertz CT molecular complexity index is 1060. The second-order valence-electron chi connectivity index (χ2n) is 7.48. The number of fused-ring (bicyclic) bond motifs is 2. The molecule has 16 heteroatoms. The predicted molar refractivity (Wildman–Crippen MR) is 103 cm³/mol. The van der Waals surface area contributed by atoms with Crippen LogP contribution in [0, 0.1) is 10.1 Å². The van der Waals surface area contributed by atoms with E-state index in [0.717, 1.165) is 25.7 Å². The molecule has 0 amide bonds. The third-order valence-corrected chi connectivity index (χ3v) is 6.69. The number of imidazole rings is 1. The highest BCUT2D eigenvalue weighted by molar-refractivity contribution is 7.47. The van der Waals surface area contributed by atoms with E-state index in [-0.39, 0.29) is 11.3 Å². The maximum absolute atomic E-state index is 12.0. The summed E-state index contributed by atoms with van der Waals surface area (Å²) in [6, 6.07) is 0.252. The summed E-state index contributed by atoms with van der Waals surface area (Å²) >= 11 is 6.14. The fraction of sp³-hybridized carbons (Fsp3) is 0.667. The zero-order chi connectivity index (χ0) is 21.8. The quantitative estimate of drug-likeness (QED) is 0.268. The Hall–Kier alpha value is -2.09. The van der Waals surface area contributed by atoms with E-state index in [1.807, 2.05) is 0 Å². The Balaban J connectivity index is 1.48. The van der Waals surface area contributed by atoms with E-state index >= 15 is 0 Å². The molecule has 2 aromatic rings. The van der Waals surface area contributed by atoms with E-state index < -0.39 is 44.1 Å². The SMILES string of the molecule is O=[N+]([O-])OC[C@H]1O[C@@H](n2cnc3c(NC4CCCC4)nc(Cl)nc32)[C@@H]2OP(=O)(O)O[C@@H]21. The number of phosphoric ester groups is 1. The van der Waals surface area contributed by atoms with Crippen molar-refractivity contribution in [3.05, 3.63) is 21.7 Å². The molecule has 3 aliphatic rings. The fourth-order valence-electron chi connectivity index (χ4n) is 4.21. The van der Waals surface area contributed by atoms with Crippen molar-refractivity contribution in [1.82, 2.24) is 19.5 Å². The molecule has 0 radical (unpaired) electrons. The highest BCUT2D eigenvalue weighted by Crippen LogP contribution is 2.58. The van der Waals surface area contributed by atoms with Crippen LogP contribution < -0.4 is 5.32 Å². The van der Waals surface area contributed by atoms with Crippen molar-refractivity contribution in [3.63, 3.8) is 0 Å². The van der Waals surface area contributed by atoms with Crippen molar-refractivity contribution in [3.8, 4) is 0 Å². The average molecular weight is 477 g/mol. The molecule has 1 aliphatic carbocycles. The summed E-state index contributed by atoms with van der Waals surface area (Å²) < 4.78 is 29.5. The van der Waals surface area contributed by atoms with Crippen molar-refractivity contribution >= 4 is 36.4 Å². The van der Waals surface area contributed by atoms with Crippen LogP contribution in [0.15, 0.2) is 6.33 Å². The van der Waals surface area contributed by atoms with Gasteiger partial charge in [-0.15, -0.1) is 10.1 Å². The number of halogens is 1. The molecule has 1 saturated carbocycles. The number of rotatable bonds is 6. The lowest BCUT2D eigenvalue weighted by Gasteiger charge is -2.19. The monoisotopic (exact) mass is 476 g/mol. The van der Waals surface area contributed by atoms with Gasteiger partial charge in [0, 0.05) is 6.04 Å². The first kappa shape index (κ1) is 20.8. The van der Waals surface area contributed by atoms with E-state index in [4.69, 9.17) is 25.4 Å². The average Bonchev–Trinajstić information content (AvgIpc) is 3.44. The summed E-state index contributed by atoms with van der Waals surface area (Å²) in [6.07, 6.45) is 1.53. The number of aromatic nitrogens is 4. The van der Waals surface area contributed by atoms with Gasteiger partial charge < -0.3 is 19.8 Å². The summed E-state index contributed by atoms with van der Waals surface area (Å²) in [7, 11) is -4.35. The van der Waals surface area contributed by atoms with Crippen LogP contribution in [0.5, 0.6) is 0 Å². The Labute approximate surface area is 179 Å². The number of hydrogen-bond donors (Lipinski definition) is 2. The lowest BCUT2D eigenvalue weighted by atomic mass is 10.1. The molecule has 0 aromatic carbocycles. The van der Waals surface area contributed by atoms with Gasteiger partial charge >= 0.3 is 7.82 Å². The normalized spacial score (nSPS) is 33.1. The van der Waals surface area contributed by atoms with Crippen LogP contribution in [0.4, 0.5) is 5.82 Å². The number of nitrogens with zero attached hydrogens (tertiary/aromatic N) is 5. The molecule has 1 unspecified atom stereocenters. The molecule has 14 nitrogen and oxygen atoms in total. The Morgan fingerprint density at radius 3 is 2.84 bits per heavy atom. The maximum Gasteiger partial charge on any atom is 0.473 e. The van der Waals surface area contributed by atoms with Crippen molar-refractivity contribution in [2.75, 3.05) is 11.9 Å². The maximum atomic E-state index is 12.0. The van der Waals surface area contributed by atoms with Gasteiger partial charge in [0.15, 0.2) is 23.2 Å². The molecule has 3 fully saturated rings. The van der Waals surface area contributed by atoms with Crippen LogP contribution in [-0.2, 0) is 23.2 Å². The summed E-state index contributed by atoms with van der Waals surface area (Å²) in [5.74, 6) is 0.472. The smallest absolute Gasteiger partial charge is 0.365 e. The largest absolute Gasteiger partial charge is 0.473 e. The van der Waals surface area contributed by atoms with Gasteiger partial charge in [-0.2, -0.15) is 9.97 Å². The third kappa shape index (κ3) is 3.95. The molecule has 0 spiro atoms. The molecule has 4 heterocycles. The zero-order valence-electron chi connectivity index (χ0n) is 15.9. The standard InChI is InChI=1S/C15H18ClN6O8P/c16-15-19-12(18-7-3-1-2-4-7)9-13(20-15)21(6-17-9)14-11-10(29-31(25,26)30-11)8(28-14)5-27-22(23)24/h6-8,10-11,14H,1-5H2,(H,25,26)(H,18,19,20)/t8-,10-,11-,14-/m1/s1. The summed E-state index contributed by atoms with van der Waals surface area (Å²) in [4.78, 5) is 37.6. The van der Waals surface area contributed by atoms with Gasteiger partial charge in [0.25, 0.3) is 5.09 Å². The van der Waals surface area contributed by atoms with E-state index in [1.54, 1.807) is 0 Å². The zero-order valence-corrected chi connectivity index (χ0v) is 17.5. The summed E-state index contributed by atoms with van der Waals surface area (Å²) in [6.45, 7) is -0.509. The fourth-order valence-corrected chi connectivity index (χ4v) is 5.52. The van der Waals surface area contributed by atoms with E-state index in [1.165, 1.54) is 10.9 Å². The van der Waals surface area contributed by atoms with Gasteiger partial charge in [0.05, 0.1) is 6.33 Å². The highest BCUT2D eigenvalue weighted by Gasteiger charge is 2.58. The van der Waals surface area contributed by atoms with Crippen molar-refractivity contribution < 1.29 is 33.2 Å². The molecule has 2 N–H and O–H groups in total. The molecular formula is C15H18ClN6O8P. The molecule has 0 bridgehead atoms. The predicted octanol–water partition coefficient (Wildman–Crippen LogP) is 1.82. The minimum Gasteiger partial charge on any atom is -0.365 e. The number of anilines is 1. The number of nitrogens with one attached hydrogen (secondary N) is 1. The molecule has 168 valence electrons. The topological polar surface area (TPSA) is 173 Å². The van der Waals surface area contributed by atoms with Crippen LogP contribution in [0.1, 0.15) is 31.9 Å². The first-order valence-corrected chi connectivity index (χ1v) is 11.5. The van der Waals surface area contributed by atoms with Crippen molar-refractivity contribution in [2.45, 2.75) is 56.3 Å². The molecule has 2 aromatic heterocycles. The molecule has 5 rings (SSSR count). The van der Waals surface area contributed by atoms with Crippen LogP contribution in [0.2, 0.25) is 5.28 Å². The minimum atomic E-state index is -4.35. The first-order valence-electron chi connectivity index (χ1n) is 9.60. The lowest BCUT2D eigenvalue weighted by molar-refractivity contribution is -0.759. The van der Waals surface area contributed by atoms with Crippen LogP contribution >= 0.6 is 19.4 Å². The van der Waals surface area contributed by atoms with Crippen molar-refractivity contribution in [2.24, 2.45) is 0 Å². The van der Waals surface area contributed by atoms with E-state index in [2.05, 4.69) is 25.1 Å². The van der Waals surface area contributed by atoms with Crippen LogP contribution in [0.25, 0.3) is 11.2 Å². The second-order valence-corrected chi connectivity index (χ2v) is 9.18. The Morgan fingerprint density at radius 2 is 2.10 bits per heavy atom. The van der Waals surface area contributed by atoms with Gasteiger partial charge in [-0.3, -0.25) is 13.6 Å². The molecule has 2 saturated heterocycles.